The summed E-state index contributed by atoms with van der Waals surface area (Å²) in [5.41, 5.74) is 1.64. The van der Waals surface area contributed by atoms with Gasteiger partial charge in [-0.3, -0.25) is 4.72 Å². The minimum atomic E-state index is -3.89. The summed E-state index contributed by atoms with van der Waals surface area (Å²) in [4.78, 5) is 4.08. The van der Waals surface area contributed by atoms with Crippen molar-refractivity contribution < 1.29 is 13.2 Å². The lowest BCUT2D eigenvalue weighted by molar-refractivity contribution is 0.403. The van der Waals surface area contributed by atoms with E-state index in [0.717, 1.165) is 11.4 Å². The fourth-order valence-electron chi connectivity index (χ4n) is 2.27. The van der Waals surface area contributed by atoms with E-state index in [9.17, 15) is 8.42 Å². The summed E-state index contributed by atoms with van der Waals surface area (Å²) in [6.07, 6.45) is 1.54. The molecule has 134 valence electrons. The van der Waals surface area contributed by atoms with Crippen molar-refractivity contribution in [2.24, 2.45) is 0 Å². The average Bonchev–Trinajstić information content (AvgIpc) is 2.64. The predicted molar refractivity (Wildman–Crippen MR) is 103 cm³/mol. The van der Waals surface area contributed by atoms with E-state index in [1.54, 1.807) is 24.4 Å². The van der Waals surface area contributed by atoms with E-state index in [2.05, 4.69) is 15.0 Å². The highest BCUT2D eigenvalue weighted by Crippen LogP contribution is 2.28. The van der Waals surface area contributed by atoms with Crippen molar-refractivity contribution in [3.63, 3.8) is 0 Å². The summed E-state index contributed by atoms with van der Waals surface area (Å²) in [6, 6.07) is 17.3. The number of hydrogen-bond donors (Lipinski definition) is 2. The quantitative estimate of drug-likeness (QED) is 0.657. The zero-order valence-electron chi connectivity index (χ0n) is 13.8. The number of aromatic nitrogens is 1. The topological polar surface area (TPSA) is 80.3 Å². The molecular weight excluding hydrogens is 374 g/mol. The highest BCUT2D eigenvalue weighted by atomic mass is 35.5. The van der Waals surface area contributed by atoms with Crippen LogP contribution in [0.15, 0.2) is 71.8 Å². The van der Waals surface area contributed by atoms with E-state index in [1.807, 2.05) is 30.3 Å². The molecule has 0 aliphatic carbocycles. The Morgan fingerprint density at radius 2 is 1.77 bits per heavy atom. The minimum Gasteiger partial charge on any atom is -0.495 e. The molecule has 3 rings (SSSR count). The van der Waals surface area contributed by atoms with Crippen molar-refractivity contribution >= 4 is 38.8 Å². The molecule has 2 aromatic carbocycles. The second-order valence-corrected chi connectivity index (χ2v) is 7.41. The maximum atomic E-state index is 12.6. The van der Waals surface area contributed by atoms with Gasteiger partial charge < -0.3 is 10.1 Å². The fraction of sp³-hybridized carbons (Fsp3) is 0.0556. The van der Waals surface area contributed by atoms with Gasteiger partial charge in [-0.05, 0) is 42.5 Å². The van der Waals surface area contributed by atoms with Crippen LogP contribution in [0.2, 0.25) is 5.02 Å². The monoisotopic (exact) mass is 389 g/mol. The maximum Gasteiger partial charge on any atom is 0.266 e. The van der Waals surface area contributed by atoms with Gasteiger partial charge in [-0.1, -0.05) is 29.8 Å². The Balaban J connectivity index is 1.79. The molecule has 6 nitrogen and oxygen atoms in total. The van der Waals surface area contributed by atoms with Crippen LogP contribution in [-0.4, -0.2) is 20.5 Å². The van der Waals surface area contributed by atoms with Crippen LogP contribution in [0.4, 0.5) is 17.2 Å². The van der Waals surface area contributed by atoms with Crippen molar-refractivity contribution in [3.8, 4) is 5.75 Å². The SMILES string of the molecule is COc1ccc(Cl)cc1S(=O)(=O)Nc1ccc(Nc2ccccc2)cn1. The summed E-state index contributed by atoms with van der Waals surface area (Å²) in [6.45, 7) is 0. The van der Waals surface area contributed by atoms with E-state index in [1.165, 1.54) is 19.2 Å². The normalized spacial score (nSPS) is 11.0. The lowest BCUT2D eigenvalue weighted by atomic mass is 10.3. The summed E-state index contributed by atoms with van der Waals surface area (Å²) >= 11 is 5.91. The van der Waals surface area contributed by atoms with Gasteiger partial charge in [0.2, 0.25) is 0 Å². The van der Waals surface area contributed by atoms with Gasteiger partial charge in [0.15, 0.2) is 0 Å². The molecule has 0 aliphatic rings. The first kappa shape index (κ1) is 18.0. The second-order valence-electron chi connectivity index (χ2n) is 5.32. The Kier molecular flexibility index (Phi) is 5.29. The molecule has 0 saturated carbocycles. The molecule has 0 fully saturated rings. The molecule has 0 radical (unpaired) electrons. The number of methoxy groups -OCH3 is 1. The van der Waals surface area contributed by atoms with E-state index >= 15 is 0 Å². The Bertz CT molecular complexity index is 994. The van der Waals surface area contributed by atoms with Gasteiger partial charge in [0.05, 0.1) is 19.0 Å². The van der Waals surface area contributed by atoms with Crippen LogP contribution in [0.3, 0.4) is 0 Å². The van der Waals surface area contributed by atoms with E-state index < -0.39 is 10.0 Å². The number of nitrogens with one attached hydrogen (secondary N) is 2. The number of rotatable bonds is 6. The van der Waals surface area contributed by atoms with Crippen molar-refractivity contribution in [1.82, 2.24) is 4.98 Å². The summed E-state index contributed by atoms with van der Waals surface area (Å²) in [5.74, 6) is 0.384. The van der Waals surface area contributed by atoms with Crippen LogP contribution in [0, 0.1) is 0 Å². The molecule has 3 aromatic rings. The molecule has 1 heterocycles. The number of pyridine rings is 1. The van der Waals surface area contributed by atoms with Crippen molar-refractivity contribution in [1.29, 1.82) is 0 Å². The molecule has 26 heavy (non-hydrogen) atoms. The van der Waals surface area contributed by atoms with Crippen LogP contribution in [0.1, 0.15) is 0 Å². The minimum absolute atomic E-state index is 0.0548. The average molecular weight is 390 g/mol. The van der Waals surface area contributed by atoms with Crippen LogP contribution in [0.5, 0.6) is 5.75 Å². The van der Waals surface area contributed by atoms with Crippen molar-refractivity contribution in [2.45, 2.75) is 4.90 Å². The Hall–Kier alpha value is -2.77. The lowest BCUT2D eigenvalue weighted by Gasteiger charge is -2.12. The molecule has 0 amide bonds. The summed E-state index contributed by atoms with van der Waals surface area (Å²) in [7, 11) is -2.50. The highest BCUT2D eigenvalue weighted by Gasteiger charge is 2.20. The Morgan fingerprint density at radius 3 is 2.42 bits per heavy atom. The molecule has 2 N–H and O–H groups in total. The number of nitrogens with zero attached hydrogens (tertiary/aromatic N) is 1. The predicted octanol–water partition coefficient (Wildman–Crippen LogP) is 4.29. The molecule has 0 saturated heterocycles. The molecule has 0 spiro atoms. The molecule has 0 unspecified atom stereocenters. The van der Waals surface area contributed by atoms with E-state index in [4.69, 9.17) is 16.3 Å². The van der Waals surface area contributed by atoms with Gasteiger partial charge in [-0.2, -0.15) is 0 Å². The Labute approximate surface area is 156 Å². The van der Waals surface area contributed by atoms with Crippen LogP contribution in [0.25, 0.3) is 0 Å². The molecule has 0 aliphatic heterocycles. The number of hydrogen-bond acceptors (Lipinski definition) is 5. The van der Waals surface area contributed by atoms with E-state index in [-0.39, 0.29) is 16.5 Å². The second kappa shape index (κ2) is 7.63. The van der Waals surface area contributed by atoms with Gasteiger partial charge in [-0.15, -0.1) is 0 Å². The largest absolute Gasteiger partial charge is 0.495 e. The number of anilines is 3. The van der Waals surface area contributed by atoms with Crippen LogP contribution >= 0.6 is 11.6 Å². The van der Waals surface area contributed by atoms with Gasteiger partial charge >= 0.3 is 0 Å². The number of para-hydroxylation sites is 1. The molecule has 0 bridgehead atoms. The van der Waals surface area contributed by atoms with Crippen molar-refractivity contribution in [3.05, 3.63) is 71.9 Å². The third-order valence-electron chi connectivity index (χ3n) is 3.48. The van der Waals surface area contributed by atoms with Crippen LogP contribution < -0.4 is 14.8 Å². The standard InChI is InChI=1S/C18H16ClN3O3S/c1-25-16-9-7-13(19)11-17(16)26(23,24)22-18-10-8-15(12-20-18)21-14-5-3-2-4-6-14/h2-12,21H,1H3,(H,20,22). The van der Waals surface area contributed by atoms with Gasteiger partial charge in [0.1, 0.15) is 16.5 Å². The molecule has 0 atom stereocenters. The summed E-state index contributed by atoms with van der Waals surface area (Å²) in [5, 5.41) is 3.47. The summed E-state index contributed by atoms with van der Waals surface area (Å²) < 4.78 is 32.7. The zero-order valence-corrected chi connectivity index (χ0v) is 15.4. The Morgan fingerprint density at radius 1 is 1.00 bits per heavy atom. The van der Waals surface area contributed by atoms with Crippen LogP contribution in [-0.2, 0) is 10.0 Å². The third kappa shape index (κ3) is 4.25. The first-order valence-corrected chi connectivity index (χ1v) is 9.48. The van der Waals surface area contributed by atoms with E-state index in [0.29, 0.717) is 5.02 Å². The highest BCUT2D eigenvalue weighted by molar-refractivity contribution is 7.92. The zero-order chi connectivity index (χ0) is 18.6. The molecule has 1 aromatic heterocycles. The maximum absolute atomic E-state index is 12.6. The smallest absolute Gasteiger partial charge is 0.266 e. The number of halogens is 1. The van der Waals surface area contributed by atoms with Gasteiger partial charge in [0.25, 0.3) is 10.0 Å². The number of sulfonamides is 1. The third-order valence-corrected chi connectivity index (χ3v) is 5.09. The first-order chi connectivity index (χ1) is 12.5. The van der Waals surface area contributed by atoms with Gasteiger partial charge in [0, 0.05) is 10.7 Å². The van der Waals surface area contributed by atoms with Crippen molar-refractivity contribution in [2.75, 3.05) is 17.1 Å². The lowest BCUT2D eigenvalue weighted by Crippen LogP contribution is -2.15. The fourth-order valence-corrected chi connectivity index (χ4v) is 3.71. The number of benzene rings is 2. The molecular formula is C18H16ClN3O3S. The first-order valence-electron chi connectivity index (χ1n) is 7.62. The number of ether oxygens (including phenoxy) is 1. The molecule has 8 heteroatoms. The van der Waals surface area contributed by atoms with Gasteiger partial charge in [-0.25, -0.2) is 13.4 Å².